The molecule has 0 radical (unpaired) electrons. The second kappa shape index (κ2) is 6.88. The average Bonchev–Trinajstić information content (AvgIpc) is 2.54. The zero-order valence-electron chi connectivity index (χ0n) is 11.0. The van der Waals surface area contributed by atoms with Gasteiger partial charge in [-0.25, -0.2) is 4.79 Å². The van der Waals surface area contributed by atoms with E-state index in [9.17, 15) is 9.59 Å². The lowest BCUT2D eigenvalue weighted by molar-refractivity contribution is 0.0732. The van der Waals surface area contributed by atoms with Crippen LogP contribution in [0.3, 0.4) is 0 Å². The van der Waals surface area contributed by atoms with Crippen molar-refractivity contribution in [2.75, 3.05) is 6.54 Å². The molecule has 21 heavy (non-hydrogen) atoms. The predicted molar refractivity (Wildman–Crippen MR) is 76.2 cm³/mol. The monoisotopic (exact) mass is 281 g/mol. The van der Waals surface area contributed by atoms with Gasteiger partial charge in [-0.3, -0.25) is 4.79 Å². The molecule has 0 aliphatic carbocycles. The molecular formula is C15H11N3O3. The maximum Gasteiger partial charge on any atom is 0.343 e. The van der Waals surface area contributed by atoms with Crippen LogP contribution in [-0.4, -0.2) is 18.3 Å². The Morgan fingerprint density at radius 2 is 1.71 bits per heavy atom. The molecule has 0 aromatic heterocycles. The van der Waals surface area contributed by atoms with Crippen LogP contribution in [0.15, 0.2) is 59.7 Å². The Labute approximate surface area is 120 Å². The van der Waals surface area contributed by atoms with Crippen LogP contribution in [0.5, 0.6) is 5.75 Å². The van der Waals surface area contributed by atoms with E-state index in [0.717, 1.165) is 0 Å². The molecule has 0 aliphatic heterocycles. The molecule has 6 heteroatoms. The first-order valence-corrected chi connectivity index (χ1v) is 6.12. The lowest BCUT2D eigenvalue weighted by Gasteiger charge is -2.08. The number of ketones is 1. The van der Waals surface area contributed by atoms with Gasteiger partial charge in [-0.05, 0) is 29.8 Å². The number of rotatable bonds is 5. The lowest BCUT2D eigenvalue weighted by Crippen LogP contribution is -2.12. The molecule has 0 unspecified atom stereocenters. The summed E-state index contributed by atoms with van der Waals surface area (Å²) in [6, 6.07) is 14.8. The Morgan fingerprint density at radius 3 is 2.43 bits per heavy atom. The number of azide groups is 1. The smallest absolute Gasteiger partial charge is 0.343 e. The fourth-order valence-electron chi connectivity index (χ4n) is 1.70. The molecule has 0 spiro atoms. The Bertz CT molecular complexity index is 707. The van der Waals surface area contributed by atoms with Crippen molar-refractivity contribution in [3.63, 3.8) is 0 Å². The molecule has 2 aromatic rings. The summed E-state index contributed by atoms with van der Waals surface area (Å²) in [7, 11) is 0. The number of carbonyl (C=O) groups excluding carboxylic acids is 2. The molecule has 6 nitrogen and oxygen atoms in total. The minimum absolute atomic E-state index is 0.143. The molecule has 0 aliphatic rings. The van der Waals surface area contributed by atoms with Crippen molar-refractivity contribution in [1.82, 2.24) is 0 Å². The molecule has 0 saturated carbocycles. The van der Waals surface area contributed by atoms with E-state index in [1.54, 1.807) is 42.5 Å². The standard InChI is InChI=1S/C15H11N3O3/c16-18-17-10-13(19)12-8-4-5-9-14(12)21-15(20)11-6-2-1-3-7-11/h1-9H,10H2. The van der Waals surface area contributed by atoms with E-state index in [1.807, 2.05) is 0 Å². The number of esters is 1. The molecule has 0 amide bonds. The van der Waals surface area contributed by atoms with Crippen molar-refractivity contribution in [3.05, 3.63) is 76.2 Å². The quantitative estimate of drug-likeness (QED) is 0.210. The van der Waals surface area contributed by atoms with Crippen LogP contribution in [-0.2, 0) is 0 Å². The van der Waals surface area contributed by atoms with Crippen molar-refractivity contribution in [2.45, 2.75) is 0 Å². The Kier molecular flexibility index (Phi) is 4.69. The summed E-state index contributed by atoms with van der Waals surface area (Å²) in [6.07, 6.45) is 0. The van der Waals surface area contributed by atoms with Crippen molar-refractivity contribution >= 4 is 11.8 Å². The van der Waals surface area contributed by atoms with Crippen LogP contribution in [0.1, 0.15) is 20.7 Å². The van der Waals surface area contributed by atoms with Crippen LogP contribution in [0.2, 0.25) is 0 Å². The molecule has 104 valence electrons. The van der Waals surface area contributed by atoms with Gasteiger partial charge < -0.3 is 4.74 Å². The predicted octanol–water partition coefficient (Wildman–Crippen LogP) is 3.40. The van der Waals surface area contributed by atoms with Gasteiger partial charge in [0.05, 0.1) is 17.7 Å². The maximum absolute atomic E-state index is 12.0. The van der Waals surface area contributed by atoms with Crippen LogP contribution in [0.25, 0.3) is 10.4 Å². The van der Waals surface area contributed by atoms with Crippen LogP contribution < -0.4 is 4.74 Å². The van der Waals surface area contributed by atoms with E-state index in [-0.39, 0.29) is 17.9 Å². The fraction of sp³-hybridized carbons (Fsp3) is 0.0667. The Hall–Kier alpha value is -3.11. The first-order chi connectivity index (χ1) is 10.2. The van der Waals surface area contributed by atoms with E-state index in [0.29, 0.717) is 5.56 Å². The van der Waals surface area contributed by atoms with E-state index in [1.165, 1.54) is 12.1 Å². The lowest BCUT2D eigenvalue weighted by atomic mass is 10.1. The highest BCUT2D eigenvalue weighted by atomic mass is 16.5. The molecule has 0 heterocycles. The minimum Gasteiger partial charge on any atom is -0.422 e. The third-order valence-electron chi connectivity index (χ3n) is 2.68. The first kappa shape index (κ1) is 14.3. The molecule has 0 N–H and O–H groups in total. The van der Waals surface area contributed by atoms with Crippen molar-refractivity contribution < 1.29 is 14.3 Å². The molecule has 0 saturated heterocycles. The Balaban J connectivity index is 2.22. The van der Waals surface area contributed by atoms with E-state index in [4.69, 9.17) is 10.3 Å². The summed E-state index contributed by atoms with van der Waals surface area (Å²) in [5, 5.41) is 3.22. The van der Waals surface area contributed by atoms with Crippen molar-refractivity contribution in [1.29, 1.82) is 0 Å². The maximum atomic E-state index is 12.0. The molecule has 0 bridgehead atoms. The van der Waals surface area contributed by atoms with Gasteiger partial charge in [-0.1, -0.05) is 35.4 Å². The van der Waals surface area contributed by atoms with E-state index < -0.39 is 11.8 Å². The number of Topliss-reactive ketones (excluding diaryl/α,β-unsaturated/α-hetero) is 1. The molecule has 0 atom stereocenters. The van der Waals surface area contributed by atoms with Gasteiger partial charge in [-0.15, -0.1) is 0 Å². The summed E-state index contributed by atoms with van der Waals surface area (Å²) in [6.45, 7) is -0.323. The highest BCUT2D eigenvalue weighted by Crippen LogP contribution is 2.20. The van der Waals surface area contributed by atoms with Crippen LogP contribution in [0.4, 0.5) is 0 Å². The third kappa shape index (κ3) is 3.68. The van der Waals surface area contributed by atoms with Gasteiger partial charge >= 0.3 is 5.97 Å². The summed E-state index contributed by atoms with van der Waals surface area (Å²) in [4.78, 5) is 26.4. The number of benzene rings is 2. The SMILES string of the molecule is [N-]=[N+]=NCC(=O)c1ccccc1OC(=O)c1ccccc1. The number of para-hydroxylation sites is 1. The number of nitrogens with zero attached hydrogens (tertiary/aromatic N) is 3. The molecule has 2 rings (SSSR count). The fourth-order valence-corrected chi connectivity index (χ4v) is 1.70. The third-order valence-corrected chi connectivity index (χ3v) is 2.68. The largest absolute Gasteiger partial charge is 0.422 e. The Morgan fingerprint density at radius 1 is 1.05 bits per heavy atom. The van der Waals surface area contributed by atoms with Gasteiger partial charge in [0.15, 0.2) is 5.78 Å². The highest BCUT2D eigenvalue weighted by molar-refractivity contribution is 6.01. The van der Waals surface area contributed by atoms with Crippen molar-refractivity contribution in [2.24, 2.45) is 5.11 Å². The summed E-state index contributed by atoms with van der Waals surface area (Å²) in [5.41, 5.74) is 8.83. The van der Waals surface area contributed by atoms with Gasteiger partial charge in [0, 0.05) is 4.91 Å². The van der Waals surface area contributed by atoms with Gasteiger partial charge in [-0.2, -0.15) is 0 Å². The van der Waals surface area contributed by atoms with E-state index in [2.05, 4.69) is 10.0 Å². The van der Waals surface area contributed by atoms with E-state index >= 15 is 0 Å². The average molecular weight is 281 g/mol. The molecular weight excluding hydrogens is 270 g/mol. The highest BCUT2D eigenvalue weighted by Gasteiger charge is 2.15. The van der Waals surface area contributed by atoms with Crippen molar-refractivity contribution in [3.8, 4) is 5.75 Å². The van der Waals surface area contributed by atoms with Gasteiger partial charge in [0.2, 0.25) is 0 Å². The summed E-state index contributed by atoms with van der Waals surface area (Å²) >= 11 is 0. The zero-order chi connectivity index (χ0) is 15.1. The molecule has 0 fully saturated rings. The molecule has 2 aromatic carbocycles. The van der Waals surface area contributed by atoms with Crippen LogP contribution in [0, 0.1) is 0 Å². The van der Waals surface area contributed by atoms with Gasteiger partial charge in [0.25, 0.3) is 0 Å². The topological polar surface area (TPSA) is 92.1 Å². The van der Waals surface area contributed by atoms with Crippen LogP contribution >= 0.6 is 0 Å². The zero-order valence-corrected chi connectivity index (χ0v) is 11.0. The second-order valence-electron chi connectivity index (χ2n) is 4.06. The summed E-state index contributed by atoms with van der Waals surface area (Å²) in [5.74, 6) is -0.826. The number of hydrogen-bond acceptors (Lipinski definition) is 4. The number of carbonyl (C=O) groups is 2. The number of ether oxygens (including phenoxy) is 1. The van der Waals surface area contributed by atoms with Gasteiger partial charge in [0.1, 0.15) is 5.75 Å². The minimum atomic E-state index is -0.556. The summed E-state index contributed by atoms with van der Waals surface area (Å²) < 4.78 is 5.24. The first-order valence-electron chi connectivity index (χ1n) is 6.12. The second-order valence-corrected chi connectivity index (χ2v) is 4.06. The number of hydrogen-bond donors (Lipinski definition) is 0. The normalized spacial score (nSPS) is 9.52.